The van der Waals surface area contributed by atoms with E-state index in [0.717, 1.165) is 92.4 Å². The highest BCUT2D eigenvalue weighted by atomic mass is 16.5. The van der Waals surface area contributed by atoms with Gasteiger partial charge in [-0.1, -0.05) is 12.1 Å². The summed E-state index contributed by atoms with van der Waals surface area (Å²) in [5.41, 5.74) is 8.12. The summed E-state index contributed by atoms with van der Waals surface area (Å²) in [7, 11) is 0. The van der Waals surface area contributed by atoms with Gasteiger partial charge in [0.25, 0.3) is 11.5 Å². The number of aryl methyl sites for hydroxylation is 2. The molecule has 3 aromatic rings. The van der Waals surface area contributed by atoms with Crippen molar-refractivity contribution in [2.75, 3.05) is 55.7 Å². The Morgan fingerprint density at radius 1 is 1.00 bits per heavy atom. The van der Waals surface area contributed by atoms with E-state index in [-0.39, 0.29) is 18.0 Å². The third-order valence-corrected chi connectivity index (χ3v) is 9.44. The van der Waals surface area contributed by atoms with Gasteiger partial charge in [0.2, 0.25) is 0 Å². The maximum Gasteiger partial charge on any atom is 0.253 e. The number of H-pyrrole nitrogens is 1. The molecule has 0 unspecified atom stereocenters. The van der Waals surface area contributed by atoms with Gasteiger partial charge in [0.05, 0.1) is 0 Å². The first-order valence-electron chi connectivity index (χ1n) is 16.2. The zero-order valence-electron chi connectivity index (χ0n) is 27.3. The number of anilines is 2. The Labute approximate surface area is 262 Å². The lowest BCUT2D eigenvalue weighted by Gasteiger charge is -2.38. The van der Waals surface area contributed by atoms with Gasteiger partial charge in [-0.15, -0.1) is 0 Å². The van der Waals surface area contributed by atoms with E-state index in [4.69, 9.17) is 4.74 Å². The van der Waals surface area contributed by atoms with Crippen LogP contribution in [0.15, 0.2) is 47.3 Å². The molecule has 2 aliphatic rings. The highest BCUT2D eigenvalue weighted by Gasteiger charge is 2.25. The van der Waals surface area contributed by atoms with Crippen molar-refractivity contribution in [1.29, 1.82) is 0 Å². The van der Waals surface area contributed by atoms with Crippen molar-refractivity contribution in [1.82, 2.24) is 15.2 Å². The first kappa shape index (κ1) is 31.8. The van der Waals surface area contributed by atoms with E-state index in [1.165, 1.54) is 5.69 Å². The molecule has 2 fully saturated rings. The van der Waals surface area contributed by atoms with Gasteiger partial charge < -0.3 is 24.8 Å². The van der Waals surface area contributed by atoms with Crippen LogP contribution in [-0.4, -0.2) is 73.8 Å². The average molecular weight is 600 g/mol. The van der Waals surface area contributed by atoms with Gasteiger partial charge >= 0.3 is 0 Å². The van der Waals surface area contributed by atoms with Crippen LogP contribution in [-0.2, 0) is 11.3 Å². The summed E-state index contributed by atoms with van der Waals surface area (Å²) in [6.07, 6.45) is 1.93. The van der Waals surface area contributed by atoms with Gasteiger partial charge in [-0.2, -0.15) is 0 Å². The second-order valence-corrected chi connectivity index (χ2v) is 12.6. The molecule has 8 nitrogen and oxygen atoms in total. The molecule has 1 aromatic heterocycles. The van der Waals surface area contributed by atoms with Crippen molar-refractivity contribution >= 4 is 17.3 Å². The van der Waals surface area contributed by atoms with Crippen molar-refractivity contribution in [3.8, 4) is 11.1 Å². The molecule has 0 atom stereocenters. The van der Waals surface area contributed by atoms with Crippen LogP contribution in [0, 0.1) is 20.8 Å². The molecule has 0 aliphatic carbocycles. The normalized spacial score (nSPS) is 16.4. The molecule has 2 N–H and O–H groups in total. The van der Waals surface area contributed by atoms with Crippen molar-refractivity contribution in [2.45, 2.75) is 73.0 Å². The number of ether oxygens (including phenoxy) is 1. The zero-order chi connectivity index (χ0) is 31.4. The maximum atomic E-state index is 13.8. The predicted octanol–water partition coefficient (Wildman–Crippen LogP) is 5.43. The minimum absolute atomic E-state index is 0.156. The fourth-order valence-electron chi connectivity index (χ4n) is 6.75. The van der Waals surface area contributed by atoms with Crippen LogP contribution in [0.3, 0.4) is 0 Å². The second-order valence-electron chi connectivity index (χ2n) is 12.6. The zero-order valence-corrected chi connectivity index (χ0v) is 27.3. The largest absolute Gasteiger partial charge is 0.381 e. The number of carbonyl (C=O) groups is 1. The van der Waals surface area contributed by atoms with Crippen LogP contribution >= 0.6 is 0 Å². The van der Waals surface area contributed by atoms with Gasteiger partial charge in [-0.05, 0) is 107 Å². The monoisotopic (exact) mass is 599 g/mol. The topological polar surface area (TPSA) is 80.9 Å². The molecule has 0 radical (unpaired) electrons. The lowest BCUT2D eigenvalue weighted by atomic mass is 9.95. The Bertz CT molecular complexity index is 1500. The molecule has 0 spiro atoms. The molecule has 0 bridgehead atoms. The lowest BCUT2D eigenvalue weighted by Crippen LogP contribution is -2.48. The van der Waals surface area contributed by atoms with Crippen LogP contribution in [0.2, 0.25) is 0 Å². The quantitative estimate of drug-likeness (QED) is 0.341. The second kappa shape index (κ2) is 14.0. The van der Waals surface area contributed by atoms with Crippen LogP contribution in [0.4, 0.5) is 11.4 Å². The van der Waals surface area contributed by atoms with Gasteiger partial charge in [0, 0.05) is 92.8 Å². The molecule has 2 aromatic carbocycles. The Hall–Kier alpha value is -3.62. The first-order valence-corrected chi connectivity index (χ1v) is 16.2. The number of carbonyl (C=O) groups excluding carboxylic acids is 1. The number of amides is 1. The van der Waals surface area contributed by atoms with Crippen molar-refractivity contribution in [3.05, 3.63) is 80.8 Å². The third kappa shape index (κ3) is 7.02. The number of pyridine rings is 1. The lowest BCUT2D eigenvalue weighted by molar-refractivity contribution is 0.0846. The third-order valence-electron chi connectivity index (χ3n) is 9.44. The molecule has 0 saturated carbocycles. The van der Waals surface area contributed by atoms with E-state index in [1.54, 1.807) is 0 Å². The van der Waals surface area contributed by atoms with Crippen molar-refractivity contribution < 1.29 is 9.53 Å². The summed E-state index contributed by atoms with van der Waals surface area (Å²) >= 11 is 0. The SMILES string of the molecule is CCN(c1cc(-c2ccc(N3CCN(C(C)C)CC3)cc2)cc(C(=O)NCc2c(C)cc(C)[nH]c2=O)c1C)C1CCOCC1. The van der Waals surface area contributed by atoms with Gasteiger partial charge in [0.1, 0.15) is 0 Å². The molecule has 8 heteroatoms. The number of benzene rings is 2. The molecule has 5 rings (SSSR count). The number of hydrogen-bond donors (Lipinski definition) is 2. The number of nitrogens with zero attached hydrogens (tertiary/aromatic N) is 3. The minimum Gasteiger partial charge on any atom is -0.381 e. The first-order chi connectivity index (χ1) is 21.2. The minimum atomic E-state index is -0.173. The van der Waals surface area contributed by atoms with Crippen molar-refractivity contribution in [2.24, 2.45) is 0 Å². The number of piperazine rings is 1. The fraction of sp³-hybridized carbons (Fsp3) is 0.500. The Morgan fingerprint density at radius 3 is 2.30 bits per heavy atom. The number of rotatable bonds is 9. The van der Waals surface area contributed by atoms with Crippen LogP contribution in [0.1, 0.15) is 66.4 Å². The van der Waals surface area contributed by atoms with Crippen molar-refractivity contribution in [3.63, 3.8) is 0 Å². The Kier molecular flexibility index (Phi) is 10.1. The highest BCUT2D eigenvalue weighted by Crippen LogP contribution is 2.34. The molecular weight excluding hydrogens is 550 g/mol. The van der Waals surface area contributed by atoms with Crippen LogP contribution in [0.5, 0.6) is 0 Å². The average Bonchev–Trinajstić information content (AvgIpc) is 3.02. The standard InChI is InChI=1S/C36H49N5O3/c1-7-41(31-12-18-44-19-13-31)34-22-29(28-8-10-30(11-9-28)40-16-14-39(15-17-40)24(2)3)21-32(27(34)6)35(42)37-23-33-25(4)20-26(5)38-36(33)43/h8-11,20-22,24,31H,7,12-19,23H2,1-6H3,(H,37,42)(H,38,43). The van der Waals surface area contributed by atoms with Crippen LogP contribution in [0.25, 0.3) is 11.1 Å². The Balaban J connectivity index is 1.46. The van der Waals surface area contributed by atoms with Gasteiger partial charge in [0.15, 0.2) is 0 Å². The van der Waals surface area contributed by atoms with E-state index >= 15 is 0 Å². The summed E-state index contributed by atoms with van der Waals surface area (Å²) in [6.45, 7) is 19.3. The van der Waals surface area contributed by atoms with Crippen LogP contribution < -0.4 is 20.7 Å². The van der Waals surface area contributed by atoms with E-state index in [1.807, 2.05) is 32.9 Å². The molecule has 3 heterocycles. The van der Waals surface area contributed by atoms with Gasteiger partial charge in [-0.25, -0.2) is 0 Å². The fourth-order valence-corrected chi connectivity index (χ4v) is 6.75. The highest BCUT2D eigenvalue weighted by molar-refractivity contribution is 5.99. The molecule has 2 saturated heterocycles. The van der Waals surface area contributed by atoms with Gasteiger partial charge in [-0.3, -0.25) is 14.5 Å². The summed E-state index contributed by atoms with van der Waals surface area (Å²) < 4.78 is 5.67. The molecule has 236 valence electrons. The maximum absolute atomic E-state index is 13.8. The summed E-state index contributed by atoms with van der Waals surface area (Å²) in [4.78, 5) is 36.7. The summed E-state index contributed by atoms with van der Waals surface area (Å²) in [6, 6.07) is 15.9. The smallest absolute Gasteiger partial charge is 0.253 e. The molecule has 2 aliphatic heterocycles. The number of aromatic nitrogens is 1. The summed E-state index contributed by atoms with van der Waals surface area (Å²) in [5, 5.41) is 3.06. The van der Waals surface area contributed by atoms with E-state index in [2.05, 4.69) is 76.1 Å². The van der Waals surface area contributed by atoms with E-state index < -0.39 is 0 Å². The Morgan fingerprint density at radius 2 is 1.68 bits per heavy atom. The summed E-state index contributed by atoms with van der Waals surface area (Å²) in [5.74, 6) is -0.173. The molecule has 1 amide bonds. The van der Waals surface area contributed by atoms with E-state index in [0.29, 0.717) is 23.2 Å². The number of hydrogen-bond acceptors (Lipinski definition) is 6. The molecule has 44 heavy (non-hydrogen) atoms. The number of nitrogens with one attached hydrogen (secondary N) is 2. The van der Waals surface area contributed by atoms with E-state index in [9.17, 15) is 9.59 Å². The number of aromatic amines is 1. The predicted molar refractivity (Wildman–Crippen MR) is 180 cm³/mol. The molecular formula is C36H49N5O3.